The van der Waals surface area contributed by atoms with Crippen LogP contribution in [0.4, 0.5) is 5.82 Å². The summed E-state index contributed by atoms with van der Waals surface area (Å²) < 4.78 is 0. The molecule has 0 saturated carbocycles. The molecule has 1 aliphatic heterocycles. The fourth-order valence-electron chi connectivity index (χ4n) is 3.37. The third kappa shape index (κ3) is 3.58. The van der Waals surface area contributed by atoms with Crippen molar-refractivity contribution in [3.63, 3.8) is 0 Å². The lowest BCUT2D eigenvalue weighted by atomic mass is 10.1. The summed E-state index contributed by atoms with van der Waals surface area (Å²) in [5, 5.41) is 4.95. The molecule has 26 heavy (non-hydrogen) atoms. The number of fused-ring (bicyclic) bond motifs is 1. The van der Waals surface area contributed by atoms with Gasteiger partial charge in [0.2, 0.25) is 0 Å². The number of amides is 1. The second-order valence-electron chi connectivity index (χ2n) is 6.84. The molecule has 5 nitrogen and oxygen atoms in total. The zero-order valence-corrected chi connectivity index (χ0v) is 14.9. The maximum Gasteiger partial charge on any atom is 0.256 e. The molecule has 1 aromatic carbocycles. The van der Waals surface area contributed by atoms with Crippen molar-refractivity contribution in [2.45, 2.75) is 26.3 Å². The number of carbonyl (C=O) groups is 1. The van der Waals surface area contributed by atoms with E-state index < -0.39 is 0 Å². The Morgan fingerprint density at radius 2 is 1.96 bits per heavy atom. The average Bonchev–Trinajstić information content (AvgIpc) is 3.17. The van der Waals surface area contributed by atoms with Crippen molar-refractivity contribution in [1.82, 2.24) is 14.9 Å². The number of rotatable bonds is 4. The summed E-state index contributed by atoms with van der Waals surface area (Å²) in [4.78, 5) is 23.8. The van der Waals surface area contributed by atoms with Crippen molar-refractivity contribution < 1.29 is 4.79 Å². The predicted molar refractivity (Wildman–Crippen MR) is 103 cm³/mol. The van der Waals surface area contributed by atoms with Crippen LogP contribution in [0.5, 0.6) is 0 Å². The van der Waals surface area contributed by atoms with Gasteiger partial charge in [0.25, 0.3) is 5.91 Å². The number of pyridine rings is 2. The number of anilines is 1. The molecule has 1 amide bonds. The number of nitrogens with zero attached hydrogens (tertiary/aromatic N) is 3. The van der Waals surface area contributed by atoms with E-state index in [1.165, 1.54) is 12.8 Å². The van der Waals surface area contributed by atoms with Crippen LogP contribution in [0.25, 0.3) is 10.8 Å². The van der Waals surface area contributed by atoms with Crippen LogP contribution in [0.15, 0.2) is 48.8 Å². The summed E-state index contributed by atoms with van der Waals surface area (Å²) in [6.07, 6.45) is 6.04. The van der Waals surface area contributed by atoms with Gasteiger partial charge in [0.1, 0.15) is 5.82 Å². The number of hydrogen-bond donors (Lipinski definition) is 1. The van der Waals surface area contributed by atoms with Crippen LogP contribution in [-0.4, -0.2) is 33.9 Å². The summed E-state index contributed by atoms with van der Waals surface area (Å²) in [6, 6.07) is 11.4. The van der Waals surface area contributed by atoms with Gasteiger partial charge < -0.3 is 5.32 Å². The smallest absolute Gasteiger partial charge is 0.256 e. The van der Waals surface area contributed by atoms with E-state index in [1.54, 1.807) is 12.4 Å². The Hall–Kier alpha value is -2.79. The number of likely N-dealkylation sites (tertiary alicyclic amines) is 1. The number of hydrogen-bond acceptors (Lipinski definition) is 4. The zero-order chi connectivity index (χ0) is 17.9. The zero-order valence-electron chi connectivity index (χ0n) is 14.9. The molecule has 3 aromatic rings. The Morgan fingerprint density at radius 3 is 2.81 bits per heavy atom. The number of aryl methyl sites for hydroxylation is 1. The minimum absolute atomic E-state index is 0.146. The number of carbonyl (C=O) groups excluding carboxylic acids is 1. The van der Waals surface area contributed by atoms with Gasteiger partial charge in [-0.2, -0.15) is 0 Å². The van der Waals surface area contributed by atoms with Gasteiger partial charge in [-0.05, 0) is 68.1 Å². The first-order valence-corrected chi connectivity index (χ1v) is 9.03. The Bertz CT molecular complexity index is 948. The molecular formula is C21H22N4O. The maximum absolute atomic E-state index is 12.6. The molecule has 0 unspecified atom stereocenters. The van der Waals surface area contributed by atoms with Crippen LogP contribution in [0.1, 0.15) is 34.5 Å². The van der Waals surface area contributed by atoms with Crippen molar-refractivity contribution in [2.75, 3.05) is 18.4 Å². The highest BCUT2D eigenvalue weighted by Gasteiger charge is 2.15. The fourth-order valence-corrected chi connectivity index (χ4v) is 3.37. The predicted octanol–water partition coefficient (Wildman–Crippen LogP) is 3.79. The van der Waals surface area contributed by atoms with Crippen molar-refractivity contribution in [3.8, 4) is 0 Å². The van der Waals surface area contributed by atoms with E-state index in [0.29, 0.717) is 11.4 Å². The van der Waals surface area contributed by atoms with Crippen LogP contribution < -0.4 is 5.32 Å². The molecular weight excluding hydrogens is 324 g/mol. The van der Waals surface area contributed by atoms with E-state index in [0.717, 1.165) is 41.7 Å². The van der Waals surface area contributed by atoms with Crippen LogP contribution >= 0.6 is 0 Å². The molecule has 5 heteroatoms. The van der Waals surface area contributed by atoms with E-state index in [2.05, 4.69) is 27.1 Å². The van der Waals surface area contributed by atoms with Crippen LogP contribution in [0.3, 0.4) is 0 Å². The highest BCUT2D eigenvalue weighted by molar-refractivity contribution is 6.05. The van der Waals surface area contributed by atoms with Crippen molar-refractivity contribution in [2.24, 2.45) is 0 Å². The highest BCUT2D eigenvalue weighted by atomic mass is 16.1. The Morgan fingerprint density at radius 1 is 1.12 bits per heavy atom. The lowest BCUT2D eigenvalue weighted by molar-refractivity contribution is 0.102. The first-order chi connectivity index (χ1) is 12.7. The molecule has 0 spiro atoms. The van der Waals surface area contributed by atoms with Gasteiger partial charge in [0.15, 0.2) is 0 Å². The van der Waals surface area contributed by atoms with E-state index in [9.17, 15) is 4.79 Å². The molecule has 0 atom stereocenters. The Labute approximate surface area is 153 Å². The van der Waals surface area contributed by atoms with Gasteiger partial charge in [0.05, 0.1) is 5.69 Å². The number of nitrogens with one attached hydrogen (secondary N) is 1. The molecule has 1 aliphatic rings. The average molecular weight is 346 g/mol. The van der Waals surface area contributed by atoms with Crippen molar-refractivity contribution >= 4 is 22.5 Å². The highest BCUT2D eigenvalue weighted by Crippen LogP contribution is 2.18. The lowest BCUT2D eigenvalue weighted by Gasteiger charge is -2.16. The van der Waals surface area contributed by atoms with Crippen LogP contribution in [0.2, 0.25) is 0 Å². The first kappa shape index (κ1) is 16.7. The van der Waals surface area contributed by atoms with E-state index in [4.69, 9.17) is 0 Å². The van der Waals surface area contributed by atoms with Gasteiger partial charge in [-0.1, -0.05) is 12.1 Å². The van der Waals surface area contributed by atoms with E-state index in [-0.39, 0.29) is 5.91 Å². The van der Waals surface area contributed by atoms with Crippen molar-refractivity contribution in [1.29, 1.82) is 0 Å². The summed E-state index contributed by atoms with van der Waals surface area (Å²) >= 11 is 0. The molecule has 1 N–H and O–H groups in total. The summed E-state index contributed by atoms with van der Waals surface area (Å²) in [7, 11) is 0. The van der Waals surface area contributed by atoms with Gasteiger partial charge in [0, 0.05) is 29.9 Å². The molecule has 4 rings (SSSR count). The Kier molecular flexibility index (Phi) is 4.63. The number of aromatic nitrogens is 2. The van der Waals surface area contributed by atoms with Gasteiger partial charge in [-0.3, -0.25) is 14.7 Å². The topological polar surface area (TPSA) is 58.1 Å². The number of benzene rings is 1. The van der Waals surface area contributed by atoms with Gasteiger partial charge in [-0.25, -0.2) is 4.98 Å². The minimum atomic E-state index is -0.146. The summed E-state index contributed by atoms with van der Waals surface area (Å²) in [6.45, 7) is 5.17. The van der Waals surface area contributed by atoms with Crippen molar-refractivity contribution in [3.05, 3.63) is 65.6 Å². The summed E-state index contributed by atoms with van der Waals surface area (Å²) in [5.41, 5.74) is 2.81. The molecule has 0 aliphatic carbocycles. The van der Waals surface area contributed by atoms with E-state index in [1.807, 2.05) is 36.4 Å². The first-order valence-electron chi connectivity index (χ1n) is 9.03. The van der Waals surface area contributed by atoms with Crippen LogP contribution in [0, 0.1) is 6.92 Å². The largest absolute Gasteiger partial charge is 0.307 e. The molecule has 1 fully saturated rings. The quantitative estimate of drug-likeness (QED) is 0.781. The third-order valence-electron chi connectivity index (χ3n) is 4.92. The van der Waals surface area contributed by atoms with E-state index >= 15 is 0 Å². The SMILES string of the molecule is Cc1ccc(NC(=O)c2ccc3cnccc3c2)nc1CN1CCCC1. The monoisotopic (exact) mass is 346 g/mol. The standard InChI is InChI=1S/C21H22N4O/c1-15-4-7-20(23-19(15)14-25-10-2-3-11-25)24-21(26)17-5-6-18-13-22-9-8-16(18)12-17/h4-9,12-13H,2-3,10-11,14H2,1H3,(H,23,24,26). The second-order valence-corrected chi connectivity index (χ2v) is 6.84. The fraction of sp³-hybridized carbons (Fsp3) is 0.286. The lowest BCUT2D eigenvalue weighted by Crippen LogP contribution is -2.20. The molecule has 0 radical (unpaired) electrons. The third-order valence-corrected chi connectivity index (χ3v) is 4.92. The maximum atomic E-state index is 12.6. The molecule has 2 aromatic heterocycles. The molecule has 0 bridgehead atoms. The molecule has 132 valence electrons. The molecule has 3 heterocycles. The van der Waals surface area contributed by atoms with Gasteiger partial charge in [-0.15, -0.1) is 0 Å². The Balaban J connectivity index is 1.52. The second kappa shape index (κ2) is 7.22. The van der Waals surface area contributed by atoms with Crippen LogP contribution in [-0.2, 0) is 6.54 Å². The summed E-state index contributed by atoms with van der Waals surface area (Å²) in [5.74, 6) is 0.455. The normalized spacial score (nSPS) is 14.7. The van der Waals surface area contributed by atoms with Gasteiger partial charge >= 0.3 is 0 Å². The molecule has 1 saturated heterocycles. The minimum Gasteiger partial charge on any atom is -0.307 e.